The number of rotatable bonds is 11. The Morgan fingerprint density at radius 1 is 0.880 bits per heavy atom. The highest BCUT2D eigenvalue weighted by atomic mass is 32.3. The zero-order valence-electron chi connectivity index (χ0n) is 12.8. The topological polar surface area (TPSA) is 177 Å². The van der Waals surface area contributed by atoms with Crippen molar-refractivity contribution in [1.29, 1.82) is 0 Å². The van der Waals surface area contributed by atoms with Crippen LogP contribution in [0, 0.1) is 0 Å². The van der Waals surface area contributed by atoms with Gasteiger partial charge in [0.15, 0.2) is 0 Å². The Kier molecular flexibility index (Phi) is 8.01. The smallest absolute Gasteiger partial charge is 0.397 e. The maximum Gasteiger partial charge on any atom is 0.397 e. The summed E-state index contributed by atoms with van der Waals surface area (Å²) in [7, 11) is -8.98. The Morgan fingerprint density at radius 3 is 1.88 bits per heavy atom. The lowest BCUT2D eigenvalue weighted by molar-refractivity contribution is 0.0602. The molecule has 0 aromatic heterocycles. The van der Waals surface area contributed by atoms with Crippen LogP contribution in [0.25, 0.3) is 0 Å². The summed E-state index contributed by atoms with van der Waals surface area (Å²) in [6, 6.07) is 5.88. The van der Waals surface area contributed by atoms with Crippen molar-refractivity contribution in [2.75, 3.05) is 25.6 Å². The van der Waals surface area contributed by atoms with Gasteiger partial charge in [-0.2, -0.15) is 16.8 Å². The molecule has 0 amide bonds. The third-order valence-electron chi connectivity index (χ3n) is 2.50. The lowest BCUT2D eigenvalue weighted by atomic mass is 10.3. The standard InChI is InChI=1S/C12H18O11S2/c13-9(7-23-25(18,19)20)5-21-11-2-1-3-12(4-11)22-6-10(14)8-24(15,16)17/h1-4,9-10,13-14H,5-8H2,(H,15,16,17)(H,18,19,20). The molecule has 0 aliphatic carbocycles. The van der Waals surface area contributed by atoms with Crippen molar-refractivity contribution < 1.29 is 49.8 Å². The summed E-state index contributed by atoms with van der Waals surface area (Å²) < 4.78 is 73.2. The van der Waals surface area contributed by atoms with Gasteiger partial charge < -0.3 is 19.7 Å². The van der Waals surface area contributed by atoms with Crippen LogP contribution in [0.15, 0.2) is 24.3 Å². The number of aliphatic hydroxyl groups is 2. The third-order valence-corrected chi connectivity index (χ3v) is 3.74. The summed E-state index contributed by atoms with van der Waals surface area (Å²) in [5, 5.41) is 18.9. The molecule has 0 spiro atoms. The van der Waals surface area contributed by atoms with Crippen LogP contribution in [-0.2, 0) is 24.7 Å². The monoisotopic (exact) mass is 402 g/mol. The fourth-order valence-corrected chi connectivity index (χ4v) is 2.45. The van der Waals surface area contributed by atoms with Gasteiger partial charge in [-0.25, -0.2) is 4.18 Å². The molecule has 1 rings (SSSR count). The number of ether oxygens (including phenoxy) is 2. The molecule has 0 radical (unpaired) electrons. The molecule has 1 aromatic carbocycles. The van der Waals surface area contributed by atoms with Crippen molar-refractivity contribution in [1.82, 2.24) is 0 Å². The average molecular weight is 402 g/mol. The van der Waals surface area contributed by atoms with Gasteiger partial charge in [-0.3, -0.25) is 9.11 Å². The van der Waals surface area contributed by atoms with Gasteiger partial charge in [0, 0.05) is 6.07 Å². The van der Waals surface area contributed by atoms with Crippen LogP contribution in [-0.4, -0.2) is 73.9 Å². The maximum absolute atomic E-state index is 10.6. The molecule has 0 saturated carbocycles. The average Bonchev–Trinajstić information content (AvgIpc) is 2.47. The summed E-state index contributed by atoms with van der Waals surface area (Å²) in [5.41, 5.74) is 0. The molecule has 25 heavy (non-hydrogen) atoms. The van der Waals surface area contributed by atoms with Crippen molar-refractivity contribution in [2.24, 2.45) is 0 Å². The second kappa shape index (κ2) is 9.28. The quantitative estimate of drug-likeness (QED) is 0.329. The molecule has 0 fully saturated rings. The van der Waals surface area contributed by atoms with E-state index in [4.69, 9.17) is 18.6 Å². The Balaban J connectivity index is 2.46. The van der Waals surface area contributed by atoms with Gasteiger partial charge in [0.25, 0.3) is 10.1 Å². The number of hydrogen-bond donors (Lipinski definition) is 4. The Labute approximate surface area is 144 Å². The van der Waals surface area contributed by atoms with Crippen molar-refractivity contribution in [2.45, 2.75) is 12.2 Å². The summed E-state index contributed by atoms with van der Waals surface area (Å²) in [6.45, 7) is -1.44. The largest absolute Gasteiger partial charge is 0.491 e. The highest BCUT2D eigenvalue weighted by molar-refractivity contribution is 7.85. The summed E-state index contributed by atoms with van der Waals surface area (Å²) in [5.74, 6) is -0.424. The lowest BCUT2D eigenvalue weighted by Crippen LogP contribution is -2.26. The zero-order chi connectivity index (χ0) is 19.1. The Morgan fingerprint density at radius 2 is 1.40 bits per heavy atom. The Bertz CT molecular complexity index is 744. The first-order valence-corrected chi connectivity index (χ1v) is 9.71. The van der Waals surface area contributed by atoms with E-state index in [0.717, 1.165) is 0 Å². The second-order valence-corrected chi connectivity index (χ2v) is 7.45. The van der Waals surface area contributed by atoms with E-state index in [2.05, 4.69) is 4.18 Å². The predicted molar refractivity (Wildman–Crippen MR) is 83.4 cm³/mol. The molecule has 2 unspecified atom stereocenters. The fourth-order valence-electron chi connectivity index (χ4n) is 1.54. The first-order chi connectivity index (χ1) is 11.4. The SMILES string of the molecule is O=S(=O)(O)CC(O)COc1cccc(OCC(O)COS(=O)(=O)O)c1. The minimum atomic E-state index is -4.66. The van der Waals surface area contributed by atoms with Crippen molar-refractivity contribution in [3.05, 3.63) is 24.3 Å². The number of benzene rings is 1. The van der Waals surface area contributed by atoms with E-state index in [-0.39, 0.29) is 18.1 Å². The molecule has 2 atom stereocenters. The van der Waals surface area contributed by atoms with Gasteiger partial charge in [-0.05, 0) is 12.1 Å². The van der Waals surface area contributed by atoms with Crippen LogP contribution in [0.1, 0.15) is 0 Å². The molecule has 0 saturated heterocycles. The van der Waals surface area contributed by atoms with Crippen LogP contribution < -0.4 is 9.47 Å². The zero-order valence-corrected chi connectivity index (χ0v) is 14.4. The Hall–Kier alpha value is -1.48. The van der Waals surface area contributed by atoms with Gasteiger partial charge in [0.2, 0.25) is 0 Å². The van der Waals surface area contributed by atoms with Gasteiger partial charge in [0.1, 0.15) is 42.7 Å². The molecule has 0 bridgehead atoms. The number of aliphatic hydroxyl groups excluding tert-OH is 2. The molecular formula is C12H18O11S2. The molecule has 4 N–H and O–H groups in total. The molecular weight excluding hydrogens is 384 g/mol. The highest BCUT2D eigenvalue weighted by Crippen LogP contribution is 2.19. The predicted octanol–water partition coefficient (Wildman–Crippen LogP) is -1.13. The van der Waals surface area contributed by atoms with E-state index in [0.29, 0.717) is 0 Å². The molecule has 1 aromatic rings. The summed E-state index contributed by atoms with van der Waals surface area (Å²) in [6.07, 6.45) is -2.76. The molecule has 0 aliphatic heterocycles. The second-order valence-electron chi connectivity index (χ2n) is 4.87. The molecule has 144 valence electrons. The highest BCUT2D eigenvalue weighted by Gasteiger charge is 2.15. The van der Waals surface area contributed by atoms with E-state index >= 15 is 0 Å². The van der Waals surface area contributed by atoms with Crippen LogP contribution in [0.3, 0.4) is 0 Å². The minimum Gasteiger partial charge on any atom is -0.491 e. The molecule has 0 heterocycles. The number of hydrogen-bond acceptors (Lipinski definition) is 9. The summed E-state index contributed by atoms with van der Waals surface area (Å²) in [4.78, 5) is 0. The van der Waals surface area contributed by atoms with Gasteiger partial charge >= 0.3 is 10.4 Å². The van der Waals surface area contributed by atoms with Crippen molar-refractivity contribution >= 4 is 20.5 Å². The molecule has 0 aliphatic rings. The van der Waals surface area contributed by atoms with E-state index in [9.17, 15) is 27.0 Å². The van der Waals surface area contributed by atoms with Crippen LogP contribution >= 0.6 is 0 Å². The first kappa shape index (κ1) is 21.6. The van der Waals surface area contributed by atoms with Gasteiger partial charge in [0.05, 0.1) is 6.61 Å². The van der Waals surface area contributed by atoms with E-state index in [1.54, 1.807) is 0 Å². The van der Waals surface area contributed by atoms with Gasteiger partial charge in [-0.1, -0.05) is 6.07 Å². The minimum absolute atomic E-state index is 0.218. The molecule has 13 heteroatoms. The van der Waals surface area contributed by atoms with Crippen molar-refractivity contribution in [3.8, 4) is 11.5 Å². The van der Waals surface area contributed by atoms with Crippen LogP contribution in [0.5, 0.6) is 11.5 Å². The molecule has 11 nitrogen and oxygen atoms in total. The third kappa shape index (κ3) is 10.9. The van der Waals surface area contributed by atoms with Crippen LogP contribution in [0.2, 0.25) is 0 Å². The van der Waals surface area contributed by atoms with Crippen molar-refractivity contribution in [3.63, 3.8) is 0 Å². The van der Waals surface area contributed by atoms with E-state index in [1.807, 2.05) is 0 Å². The summed E-state index contributed by atoms with van der Waals surface area (Å²) >= 11 is 0. The van der Waals surface area contributed by atoms with Crippen LogP contribution in [0.4, 0.5) is 0 Å². The van der Waals surface area contributed by atoms with E-state index in [1.165, 1.54) is 24.3 Å². The first-order valence-electron chi connectivity index (χ1n) is 6.73. The van der Waals surface area contributed by atoms with E-state index < -0.39 is 51.7 Å². The normalized spacial score (nSPS) is 14.7. The van der Waals surface area contributed by atoms with Gasteiger partial charge in [-0.15, -0.1) is 0 Å². The maximum atomic E-state index is 10.6. The fraction of sp³-hybridized carbons (Fsp3) is 0.500. The lowest BCUT2D eigenvalue weighted by Gasteiger charge is -2.14.